The summed E-state index contributed by atoms with van der Waals surface area (Å²) in [4.78, 5) is 0. The van der Waals surface area contributed by atoms with Crippen LogP contribution in [0.1, 0.15) is 32.3 Å². The summed E-state index contributed by atoms with van der Waals surface area (Å²) in [6.45, 7) is 4.16. The van der Waals surface area contributed by atoms with Gasteiger partial charge in [0.1, 0.15) is 6.07 Å². The average molecular weight is 297 g/mol. The SMILES string of the molecule is CC(C)(Nc1ccc(C#N)c(Br)c1F)C1CC1. The lowest BCUT2D eigenvalue weighted by molar-refractivity contribution is 0.488. The summed E-state index contributed by atoms with van der Waals surface area (Å²) in [6.07, 6.45) is 2.39. The summed E-state index contributed by atoms with van der Waals surface area (Å²) in [7, 11) is 0. The molecule has 0 bridgehead atoms. The molecular weight excluding hydrogens is 283 g/mol. The molecule has 1 aliphatic carbocycles. The molecule has 2 rings (SSSR count). The summed E-state index contributed by atoms with van der Waals surface area (Å²) >= 11 is 3.11. The molecule has 1 aliphatic rings. The van der Waals surface area contributed by atoms with E-state index in [1.807, 2.05) is 6.07 Å². The molecule has 0 saturated heterocycles. The van der Waals surface area contributed by atoms with Crippen molar-refractivity contribution in [2.45, 2.75) is 32.2 Å². The van der Waals surface area contributed by atoms with Crippen LogP contribution < -0.4 is 5.32 Å². The number of rotatable bonds is 3. The molecule has 90 valence electrons. The topological polar surface area (TPSA) is 35.8 Å². The van der Waals surface area contributed by atoms with Gasteiger partial charge in [-0.3, -0.25) is 0 Å². The van der Waals surface area contributed by atoms with Crippen molar-refractivity contribution in [3.05, 3.63) is 28.0 Å². The molecule has 0 spiro atoms. The number of benzene rings is 1. The Labute approximate surface area is 109 Å². The van der Waals surface area contributed by atoms with E-state index in [0.717, 1.165) is 0 Å². The van der Waals surface area contributed by atoms with E-state index in [1.54, 1.807) is 12.1 Å². The van der Waals surface area contributed by atoms with Crippen molar-refractivity contribution < 1.29 is 4.39 Å². The number of anilines is 1. The third-order valence-corrected chi connectivity index (χ3v) is 4.03. The molecule has 2 nitrogen and oxygen atoms in total. The second kappa shape index (κ2) is 4.30. The summed E-state index contributed by atoms with van der Waals surface area (Å²) in [5.41, 5.74) is 0.666. The number of hydrogen-bond donors (Lipinski definition) is 1. The maximum absolute atomic E-state index is 14.0. The van der Waals surface area contributed by atoms with Gasteiger partial charge in [0, 0.05) is 5.54 Å². The molecule has 4 heteroatoms. The van der Waals surface area contributed by atoms with Crippen LogP contribution in [-0.4, -0.2) is 5.54 Å². The zero-order valence-electron chi connectivity index (χ0n) is 9.85. The number of nitriles is 1. The number of halogens is 2. The number of hydrogen-bond acceptors (Lipinski definition) is 2. The highest BCUT2D eigenvalue weighted by Crippen LogP contribution is 2.41. The molecule has 1 N–H and O–H groups in total. The predicted octanol–water partition coefficient (Wildman–Crippen LogP) is 4.06. The fourth-order valence-corrected chi connectivity index (χ4v) is 2.42. The minimum atomic E-state index is -0.391. The van der Waals surface area contributed by atoms with Crippen LogP contribution in [0.5, 0.6) is 0 Å². The molecule has 0 unspecified atom stereocenters. The van der Waals surface area contributed by atoms with E-state index in [2.05, 4.69) is 35.1 Å². The molecule has 0 amide bonds. The van der Waals surface area contributed by atoms with Crippen LogP contribution in [0.2, 0.25) is 0 Å². The summed E-state index contributed by atoms with van der Waals surface area (Å²) < 4.78 is 14.2. The third kappa shape index (κ3) is 2.44. The monoisotopic (exact) mass is 296 g/mol. The lowest BCUT2D eigenvalue weighted by Gasteiger charge is -2.28. The number of nitrogens with zero attached hydrogens (tertiary/aromatic N) is 1. The van der Waals surface area contributed by atoms with E-state index >= 15 is 0 Å². The Kier molecular flexibility index (Phi) is 3.13. The first-order valence-electron chi connectivity index (χ1n) is 5.62. The Bertz CT molecular complexity index is 487. The van der Waals surface area contributed by atoms with E-state index in [4.69, 9.17) is 5.26 Å². The van der Waals surface area contributed by atoms with Crippen molar-refractivity contribution in [1.29, 1.82) is 5.26 Å². The first-order valence-corrected chi connectivity index (χ1v) is 6.41. The van der Waals surface area contributed by atoms with Crippen LogP contribution in [0.4, 0.5) is 10.1 Å². The molecule has 1 aromatic carbocycles. The van der Waals surface area contributed by atoms with E-state index < -0.39 is 5.82 Å². The van der Waals surface area contributed by atoms with Gasteiger partial charge in [0.05, 0.1) is 15.7 Å². The van der Waals surface area contributed by atoms with Crippen LogP contribution in [-0.2, 0) is 0 Å². The van der Waals surface area contributed by atoms with Crippen molar-refractivity contribution in [3.8, 4) is 6.07 Å². The van der Waals surface area contributed by atoms with Crippen molar-refractivity contribution in [2.75, 3.05) is 5.32 Å². The molecule has 0 aromatic heterocycles. The Hall–Kier alpha value is -1.08. The average Bonchev–Trinajstić information content (AvgIpc) is 3.09. The molecule has 1 aromatic rings. The largest absolute Gasteiger partial charge is 0.377 e. The van der Waals surface area contributed by atoms with E-state index in [0.29, 0.717) is 17.2 Å². The summed E-state index contributed by atoms with van der Waals surface area (Å²) in [5.74, 6) is 0.217. The van der Waals surface area contributed by atoms with Crippen molar-refractivity contribution in [2.24, 2.45) is 5.92 Å². The zero-order valence-corrected chi connectivity index (χ0v) is 11.4. The lowest BCUT2D eigenvalue weighted by atomic mass is 9.98. The Morgan fingerprint density at radius 1 is 1.47 bits per heavy atom. The van der Waals surface area contributed by atoms with Crippen LogP contribution in [0.25, 0.3) is 0 Å². The molecule has 0 aliphatic heterocycles. The Morgan fingerprint density at radius 3 is 2.65 bits per heavy atom. The predicted molar refractivity (Wildman–Crippen MR) is 69.2 cm³/mol. The van der Waals surface area contributed by atoms with E-state index in [-0.39, 0.29) is 10.0 Å². The minimum Gasteiger partial charge on any atom is -0.377 e. The third-order valence-electron chi connectivity index (χ3n) is 3.26. The quantitative estimate of drug-likeness (QED) is 0.913. The second-order valence-corrected chi connectivity index (χ2v) is 5.81. The van der Waals surface area contributed by atoms with Crippen molar-refractivity contribution in [3.63, 3.8) is 0 Å². The molecular formula is C13H14BrFN2. The molecule has 0 atom stereocenters. The smallest absolute Gasteiger partial charge is 0.161 e. The molecule has 1 saturated carbocycles. The van der Waals surface area contributed by atoms with Gasteiger partial charge in [-0.25, -0.2) is 4.39 Å². The van der Waals surface area contributed by atoms with Gasteiger partial charge >= 0.3 is 0 Å². The lowest BCUT2D eigenvalue weighted by Crippen LogP contribution is -2.33. The van der Waals surface area contributed by atoms with Crippen LogP contribution in [0, 0.1) is 23.1 Å². The van der Waals surface area contributed by atoms with E-state index in [9.17, 15) is 4.39 Å². The second-order valence-electron chi connectivity index (χ2n) is 5.02. The van der Waals surface area contributed by atoms with Crippen molar-refractivity contribution in [1.82, 2.24) is 0 Å². The van der Waals surface area contributed by atoms with Gasteiger partial charge in [-0.15, -0.1) is 0 Å². The Balaban J connectivity index is 2.28. The number of nitrogens with one attached hydrogen (secondary N) is 1. The van der Waals surface area contributed by atoms with Crippen LogP contribution in [0.3, 0.4) is 0 Å². The summed E-state index contributed by atoms with van der Waals surface area (Å²) in [6, 6.07) is 5.20. The highest BCUT2D eigenvalue weighted by Gasteiger charge is 2.38. The van der Waals surface area contributed by atoms with Gasteiger partial charge in [0.2, 0.25) is 0 Å². The zero-order chi connectivity index (χ0) is 12.6. The standard InChI is InChI=1S/C13H14BrFN2/c1-13(2,9-4-5-9)17-10-6-3-8(7-16)11(14)12(10)15/h3,6,9,17H,4-5H2,1-2H3. The highest BCUT2D eigenvalue weighted by atomic mass is 79.9. The minimum absolute atomic E-state index is 0.103. The van der Waals surface area contributed by atoms with Gasteiger partial charge in [-0.1, -0.05) is 0 Å². The van der Waals surface area contributed by atoms with Gasteiger partial charge in [0.25, 0.3) is 0 Å². The fourth-order valence-electron chi connectivity index (χ4n) is 1.99. The Morgan fingerprint density at radius 2 is 2.12 bits per heavy atom. The first-order chi connectivity index (χ1) is 7.95. The van der Waals surface area contributed by atoms with Gasteiger partial charge in [0.15, 0.2) is 5.82 Å². The molecule has 1 fully saturated rings. The summed E-state index contributed by atoms with van der Waals surface area (Å²) in [5, 5.41) is 12.0. The normalized spacial score (nSPS) is 15.5. The van der Waals surface area contributed by atoms with Crippen LogP contribution in [0.15, 0.2) is 16.6 Å². The first kappa shape index (κ1) is 12.4. The van der Waals surface area contributed by atoms with Crippen molar-refractivity contribution >= 4 is 21.6 Å². The van der Waals surface area contributed by atoms with E-state index in [1.165, 1.54) is 12.8 Å². The molecule has 17 heavy (non-hydrogen) atoms. The maximum atomic E-state index is 14.0. The molecule has 0 heterocycles. The van der Waals surface area contributed by atoms with Crippen LogP contribution >= 0.6 is 15.9 Å². The van der Waals surface area contributed by atoms with Gasteiger partial charge in [-0.05, 0) is 60.7 Å². The highest BCUT2D eigenvalue weighted by molar-refractivity contribution is 9.10. The van der Waals surface area contributed by atoms with Gasteiger partial charge < -0.3 is 5.32 Å². The molecule has 0 radical (unpaired) electrons. The maximum Gasteiger partial charge on any atom is 0.161 e. The van der Waals surface area contributed by atoms with Gasteiger partial charge in [-0.2, -0.15) is 5.26 Å². The fraction of sp³-hybridized carbons (Fsp3) is 0.462.